The van der Waals surface area contributed by atoms with Gasteiger partial charge in [-0.2, -0.15) is 0 Å². The highest BCUT2D eigenvalue weighted by molar-refractivity contribution is 6.95. The maximum Gasteiger partial charge on any atom is 0.312 e. The molecule has 0 aliphatic carbocycles. The molecule has 1 saturated heterocycles. The predicted molar refractivity (Wildman–Crippen MR) is 97.2 cm³/mol. The van der Waals surface area contributed by atoms with Crippen molar-refractivity contribution in [1.29, 1.82) is 0 Å². The molecule has 2 unspecified atom stereocenters. The molecule has 0 saturated carbocycles. The van der Waals surface area contributed by atoms with Gasteiger partial charge in [0, 0.05) is 6.04 Å². The van der Waals surface area contributed by atoms with E-state index in [1.165, 1.54) is 12.1 Å². The molecule has 1 N–H and O–H groups in total. The third-order valence-corrected chi connectivity index (χ3v) is 15.2. The lowest BCUT2D eigenvalue weighted by molar-refractivity contribution is -0.139. The summed E-state index contributed by atoms with van der Waals surface area (Å²) in [5.41, 5.74) is 0.876. The molecule has 22 heavy (non-hydrogen) atoms. The number of rotatable bonds is 5. The van der Waals surface area contributed by atoms with Gasteiger partial charge in [0.15, 0.2) is 0 Å². The normalized spacial score (nSPS) is 22.9. The summed E-state index contributed by atoms with van der Waals surface area (Å²) in [6, 6.07) is 12.0. The summed E-state index contributed by atoms with van der Waals surface area (Å²) in [5.74, 6) is -1.28. The molecular weight excluding hydrogens is 306 g/mol. The van der Waals surface area contributed by atoms with Gasteiger partial charge in [-0.15, -0.1) is 6.58 Å². The Balaban J connectivity index is 2.48. The summed E-state index contributed by atoms with van der Waals surface area (Å²) in [7, 11) is -3.14. The van der Waals surface area contributed by atoms with Crippen LogP contribution in [0.3, 0.4) is 0 Å². The molecule has 0 radical (unpaired) electrons. The summed E-state index contributed by atoms with van der Waals surface area (Å²) in [6.07, 6.45) is 1.88. The number of hydrogen-bond acceptors (Lipinski definition) is 2. The van der Waals surface area contributed by atoms with Crippen molar-refractivity contribution in [3.05, 3.63) is 48.6 Å². The fourth-order valence-corrected chi connectivity index (χ4v) is 18.7. The molecule has 0 spiro atoms. The minimum atomic E-state index is -1.57. The second kappa shape index (κ2) is 6.14. The van der Waals surface area contributed by atoms with Gasteiger partial charge in [0.2, 0.25) is 0 Å². The van der Waals surface area contributed by atoms with Crippen molar-refractivity contribution in [2.75, 3.05) is 0 Å². The molecule has 120 valence electrons. The van der Waals surface area contributed by atoms with Gasteiger partial charge in [-0.1, -0.05) is 62.6 Å². The van der Waals surface area contributed by atoms with E-state index >= 15 is 0 Å². The van der Waals surface area contributed by atoms with Crippen LogP contribution in [-0.2, 0) is 4.79 Å². The van der Waals surface area contributed by atoms with Crippen molar-refractivity contribution >= 4 is 22.4 Å². The fraction of sp³-hybridized carbons (Fsp3) is 0.471. The Kier molecular flexibility index (Phi) is 4.80. The van der Waals surface area contributed by atoms with Gasteiger partial charge < -0.3 is 9.34 Å². The molecule has 1 aliphatic heterocycles. The van der Waals surface area contributed by atoms with Crippen LogP contribution in [0.15, 0.2) is 43.0 Å². The smallest absolute Gasteiger partial charge is 0.312 e. The highest BCUT2D eigenvalue weighted by atomic mass is 28.4. The van der Waals surface area contributed by atoms with E-state index < -0.39 is 28.4 Å². The average molecular weight is 334 g/mol. The predicted octanol–water partition coefficient (Wildman–Crippen LogP) is 4.14. The van der Waals surface area contributed by atoms with Crippen molar-refractivity contribution in [3.8, 4) is 0 Å². The molecule has 1 fully saturated rings. The zero-order valence-corrected chi connectivity index (χ0v) is 16.0. The molecule has 1 aliphatic rings. The Morgan fingerprint density at radius 3 is 2.09 bits per heavy atom. The summed E-state index contributed by atoms with van der Waals surface area (Å²) in [6.45, 7) is 13.5. The van der Waals surface area contributed by atoms with E-state index in [0.29, 0.717) is 0 Å². The molecule has 3 nitrogen and oxygen atoms in total. The number of carbonyl (C=O) groups is 1. The van der Waals surface area contributed by atoms with Crippen molar-refractivity contribution < 1.29 is 9.90 Å². The summed E-state index contributed by atoms with van der Waals surface area (Å²) >= 11 is 0. The minimum absolute atomic E-state index is 0.106. The lowest BCUT2D eigenvalue weighted by Crippen LogP contribution is -2.61. The first-order chi connectivity index (χ1) is 10.2. The van der Waals surface area contributed by atoms with Gasteiger partial charge in [0.1, 0.15) is 16.5 Å². The third-order valence-electron chi connectivity index (χ3n) is 4.96. The SMILES string of the molecule is C=CC(C(C(=O)O)c1ccccc1)N1[Si](C)(C)CC[Si]1(C)C. The Bertz CT molecular complexity index is 541. The molecule has 2 atom stereocenters. The van der Waals surface area contributed by atoms with Crippen LogP contribution >= 0.6 is 0 Å². The van der Waals surface area contributed by atoms with E-state index in [2.05, 4.69) is 37.0 Å². The largest absolute Gasteiger partial charge is 0.481 e. The first-order valence-corrected chi connectivity index (χ1v) is 14.2. The van der Waals surface area contributed by atoms with Gasteiger partial charge in [-0.25, -0.2) is 0 Å². The van der Waals surface area contributed by atoms with Gasteiger partial charge in [0.25, 0.3) is 0 Å². The van der Waals surface area contributed by atoms with E-state index in [9.17, 15) is 9.90 Å². The fourth-order valence-electron chi connectivity index (χ4n) is 4.02. The zero-order valence-electron chi connectivity index (χ0n) is 14.0. The maximum atomic E-state index is 12.0. The second-order valence-corrected chi connectivity index (χ2v) is 17.1. The molecule has 0 bridgehead atoms. The Morgan fingerprint density at radius 2 is 1.68 bits per heavy atom. The molecule has 1 aromatic rings. The molecule has 0 amide bonds. The number of nitrogens with zero attached hydrogens (tertiary/aromatic N) is 1. The Hall–Kier alpha value is -1.18. The topological polar surface area (TPSA) is 40.5 Å². The standard InChI is InChI=1S/C17H27NO2Si2/c1-6-15(18-21(2,3)12-13-22(18,4)5)16(17(19)20)14-10-8-7-9-11-14/h6-11,15-16H,1,12-13H2,2-5H3,(H,19,20). The number of aliphatic carboxylic acids is 1. The minimum Gasteiger partial charge on any atom is -0.481 e. The summed E-state index contributed by atoms with van der Waals surface area (Å²) in [4.78, 5) is 12.0. The van der Waals surface area contributed by atoms with Crippen LogP contribution in [0.25, 0.3) is 0 Å². The molecular formula is C17H27NO2Si2. The maximum absolute atomic E-state index is 12.0. The molecule has 5 heteroatoms. The highest BCUT2D eigenvalue weighted by Crippen LogP contribution is 2.42. The summed E-state index contributed by atoms with van der Waals surface area (Å²) in [5, 5.41) is 9.89. The molecule has 0 aromatic heterocycles. The van der Waals surface area contributed by atoms with Gasteiger partial charge in [-0.05, 0) is 17.7 Å². The van der Waals surface area contributed by atoms with Crippen molar-refractivity contribution in [1.82, 2.24) is 4.23 Å². The van der Waals surface area contributed by atoms with Crippen LogP contribution in [0.2, 0.25) is 38.3 Å². The number of benzene rings is 1. The van der Waals surface area contributed by atoms with Crippen LogP contribution in [0, 0.1) is 0 Å². The lowest BCUT2D eigenvalue weighted by Gasteiger charge is -2.45. The quantitative estimate of drug-likeness (QED) is 0.650. The zero-order chi connectivity index (χ0) is 16.5. The van der Waals surface area contributed by atoms with Gasteiger partial charge >= 0.3 is 5.97 Å². The molecule has 2 rings (SSSR count). The van der Waals surface area contributed by atoms with Crippen LogP contribution in [-0.4, -0.2) is 37.8 Å². The number of carboxylic acids is 1. The van der Waals surface area contributed by atoms with Crippen molar-refractivity contribution in [3.63, 3.8) is 0 Å². The first kappa shape index (κ1) is 17.2. The number of hydrogen-bond donors (Lipinski definition) is 1. The van der Waals surface area contributed by atoms with Gasteiger partial charge in [-0.3, -0.25) is 4.79 Å². The molecule has 1 heterocycles. The Labute approximate surface area is 135 Å². The van der Waals surface area contributed by atoms with Crippen molar-refractivity contribution in [2.24, 2.45) is 0 Å². The second-order valence-electron chi connectivity index (χ2n) is 7.45. The van der Waals surface area contributed by atoms with Crippen LogP contribution in [0.1, 0.15) is 11.5 Å². The van der Waals surface area contributed by atoms with Gasteiger partial charge in [0.05, 0.1) is 5.92 Å². The summed E-state index contributed by atoms with van der Waals surface area (Å²) < 4.78 is 2.62. The number of carboxylic acid groups (broad SMARTS) is 1. The Morgan fingerprint density at radius 1 is 1.18 bits per heavy atom. The van der Waals surface area contributed by atoms with E-state index in [1.54, 1.807) is 0 Å². The molecule has 1 aromatic carbocycles. The van der Waals surface area contributed by atoms with Crippen molar-refractivity contribution in [2.45, 2.75) is 50.2 Å². The first-order valence-electron chi connectivity index (χ1n) is 7.90. The monoisotopic (exact) mass is 333 g/mol. The van der Waals surface area contributed by atoms with Crippen LogP contribution < -0.4 is 0 Å². The van der Waals surface area contributed by atoms with E-state index in [0.717, 1.165) is 5.56 Å². The van der Waals surface area contributed by atoms with Crippen LogP contribution in [0.5, 0.6) is 0 Å². The van der Waals surface area contributed by atoms with Crippen LogP contribution in [0.4, 0.5) is 0 Å². The lowest BCUT2D eigenvalue weighted by atomic mass is 9.92. The van der Waals surface area contributed by atoms with E-state index in [-0.39, 0.29) is 6.04 Å². The average Bonchev–Trinajstić information content (AvgIpc) is 2.66. The van der Waals surface area contributed by atoms with E-state index in [1.807, 2.05) is 36.4 Å². The third kappa shape index (κ3) is 3.11. The highest BCUT2D eigenvalue weighted by Gasteiger charge is 2.52. The van der Waals surface area contributed by atoms with E-state index in [4.69, 9.17) is 0 Å².